The number of ether oxygens (including phenoxy) is 3. The minimum Gasteiger partial charge on any atom is -0.379 e. The van der Waals surface area contributed by atoms with Crippen LogP contribution in [0.3, 0.4) is 0 Å². The molecule has 0 aromatic heterocycles. The maximum absolute atomic E-state index is 11.6. The molecule has 5 heteroatoms. The van der Waals surface area contributed by atoms with Gasteiger partial charge in [0.15, 0.2) is 0 Å². The molecule has 0 heterocycles. The first-order chi connectivity index (χ1) is 10.7. The van der Waals surface area contributed by atoms with E-state index >= 15 is 0 Å². The Bertz CT molecular complexity index is 300. The number of hydrogen-bond donors (Lipinski definition) is 0. The van der Waals surface area contributed by atoms with Gasteiger partial charge in [0.05, 0.1) is 33.0 Å². The van der Waals surface area contributed by atoms with Gasteiger partial charge in [0.2, 0.25) is 5.91 Å². The lowest BCUT2D eigenvalue weighted by Gasteiger charge is -2.19. The highest BCUT2D eigenvalue weighted by atomic mass is 16.5. The fraction of sp³-hybridized carbons (Fsp3) is 0.944. The zero-order valence-corrected chi connectivity index (χ0v) is 16.0. The van der Waals surface area contributed by atoms with Crippen LogP contribution < -0.4 is 0 Å². The predicted octanol–water partition coefficient (Wildman–Crippen LogP) is 2.98. The fourth-order valence-corrected chi connectivity index (χ4v) is 2.00. The van der Waals surface area contributed by atoms with Crippen molar-refractivity contribution in [1.82, 2.24) is 4.90 Å². The minimum atomic E-state index is 0.0340. The van der Waals surface area contributed by atoms with E-state index in [4.69, 9.17) is 14.2 Å². The maximum Gasteiger partial charge on any atom is 0.224 e. The first kappa shape index (κ1) is 22.4. The van der Waals surface area contributed by atoms with Gasteiger partial charge in [-0.3, -0.25) is 4.79 Å². The molecule has 138 valence electrons. The molecule has 0 fully saturated rings. The molecule has 0 aromatic carbocycles. The van der Waals surface area contributed by atoms with E-state index in [2.05, 4.69) is 20.8 Å². The van der Waals surface area contributed by atoms with Gasteiger partial charge in [-0.25, -0.2) is 0 Å². The van der Waals surface area contributed by atoms with Crippen molar-refractivity contribution in [3.05, 3.63) is 0 Å². The topological polar surface area (TPSA) is 48.0 Å². The molecule has 0 atom stereocenters. The molecule has 0 radical (unpaired) electrons. The second-order valence-corrected chi connectivity index (χ2v) is 7.42. The van der Waals surface area contributed by atoms with Gasteiger partial charge in [-0.05, 0) is 18.3 Å². The summed E-state index contributed by atoms with van der Waals surface area (Å²) >= 11 is 0. The zero-order valence-electron chi connectivity index (χ0n) is 16.0. The number of likely N-dealkylation sites (N-methyl/N-ethyl adjacent to an activating group) is 1. The molecule has 0 spiro atoms. The summed E-state index contributed by atoms with van der Waals surface area (Å²) in [6, 6.07) is 0. The molecule has 5 nitrogen and oxygen atoms in total. The summed E-state index contributed by atoms with van der Waals surface area (Å²) in [6.45, 7) is 14.8. The van der Waals surface area contributed by atoms with Crippen molar-refractivity contribution < 1.29 is 19.0 Å². The van der Waals surface area contributed by atoms with E-state index in [0.717, 1.165) is 13.0 Å². The van der Waals surface area contributed by atoms with Gasteiger partial charge in [-0.1, -0.05) is 34.6 Å². The Morgan fingerprint density at radius 3 is 1.87 bits per heavy atom. The highest BCUT2D eigenvalue weighted by Crippen LogP contribution is 2.20. The average molecular weight is 331 g/mol. The number of hydrogen-bond acceptors (Lipinski definition) is 4. The van der Waals surface area contributed by atoms with Crippen LogP contribution in [0.4, 0.5) is 0 Å². The largest absolute Gasteiger partial charge is 0.379 e. The van der Waals surface area contributed by atoms with Crippen molar-refractivity contribution in [3.63, 3.8) is 0 Å². The summed E-state index contributed by atoms with van der Waals surface area (Å²) in [5, 5.41) is 0. The first-order valence-electron chi connectivity index (χ1n) is 8.72. The predicted molar refractivity (Wildman–Crippen MR) is 93.6 cm³/mol. The first-order valence-corrected chi connectivity index (χ1v) is 8.72. The number of nitrogens with zero attached hydrogens (tertiary/aromatic N) is 1. The average Bonchev–Trinajstić information content (AvgIpc) is 2.46. The lowest BCUT2D eigenvalue weighted by atomic mass is 9.91. The Labute approximate surface area is 142 Å². The van der Waals surface area contributed by atoms with Crippen LogP contribution >= 0.6 is 0 Å². The van der Waals surface area contributed by atoms with Gasteiger partial charge < -0.3 is 19.1 Å². The maximum atomic E-state index is 11.6. The van der Waals surface area contributed by atoms with Crippen LogP contribution in [0.1, 0.15) is 47.5 Å². The SMILES string of the molecule is CC(C)C(=O)N(C)CCOCCOCCOCCCC(C)(C)C. The molecule has 0 saturated carbocycles. The van der Waals surface area contributed by atoms with Crippen molar-refractivity contribution in [1.29, 1.82) is 0 Å². The van der Waals surface area contributed by atoms with Crippen LogP contribution in [0.5, 0.6) is 0 Å². The molecular formula is C18H37NO4. The normalized spacial score (nSPS) is 12.0. The van der Waals surface area contributed by atoms with Gasteiger partial charge >= 0.3 is 0 Å². The van der Waals surface area contributed by atoms with Crippen molar-refractivity contribution in [2.24, 2.45) is 11.3 Å². The molecule has 0 aliphatic rings. The van der Waals surface area contributed by atoms with E-state index in [1.54, 1.807) is 11.9 Å². The lowest BCUT2D eigenvalue weighted by Crippen LogP contribution is -2.33. The minimum absolute atomic E-state index is 0.0340. The van der Waals surface area contributed by atoms with Crippen LogP contribution in [0.15, 0.2) is 0 Å². The van der Waals surface area contributed by atoms with Crippen LogP contribution in [0.25, 0.3) is 0 Å². The third-order valence-corrected chi connectivity index (χ3v) is 3.40. The van der Waals surface area contributed by atoms with E-state index < -0.39 is 0 Å². The molecule has 0 N–H and O–H groups in total. The molecule has 23 heavy (non-hydrogen) atoms. The van der Waals surface area contributed by atoms with Gasteiger partial charge in [-0.15, -0.1) is 0 Å². The number of rotatable bonds is 13. The Hall–Kier alpha value is -0.650. The Morgan fingerprint density at radius 2 is 1.39 bits per heavy atom. The molecule has 0 aliphatic carbocycles. The smallest absolute Gasteiger partial charge is 0.224 e. The van der Waals surface area contributed by atoms with E-state index in [0.29, 0.717) is 45.0 Å². The summed E-state index contributed by atoms with van der Waals surface area (Å²) in [4.78, 5) is 13.3. The van der Waals surface area contributed by atoms with Crippen LogP contribution in [0, 0.1) is 11.3 Å². The molecular weight excluding hydrogens is 294 g/mol. The van der Waals surface area contributed by atoms with Crippen molar-refractivity contribution in [2.75, 3.05) is 53.2 Å². The monoisotopic (exact) mass is 331 g/mol. The highest BCUT2D eigenvalue weighted by molar-refractivity contribution is 5.77. The summed E-state index contributed by atoms with van der Waals surface area (Å²) in [6.07, 6.45) is 2.27. The Balaban J connectivity index is 3.27. The summed E-state index contributed by atoms with van der Waals surface area (Å²) in [5.74, 6) is 0.181. The summed E-state index contributed by atoms with van der Waals surface area (Å²) < 4.78 is 16.4. The number of carbonyl (C=O) groups is 1. The van der Waals surface area contributed by atoms with Crippen molar-refractivity contribution >= 4 is 5.91 Å². The Morgan fingerprint density at radius 1 is 0.913 bits per heavy atom. The lowest BCUT2D eigenvalue weighted by molar-refractivity contribution is -0.133. The molecule has 0 rings (SSSR count). The quantitative estimate of drug-likeness (QED) is 0.487. The number of carbonyl (C=O) groups excluding carboxylic acids is 1. The standard InChI is InChI=1S/C18H37NO4/c1-16(2)17(20)19(6)9-11-22-13-15-23-14-12-21-10-7-8-18(3,4)5/h16H,7-15H2,1-6H3. The van der Waals surface area contributed by atoms with Gasteiger partial charge in [0, 0.05) is 26.1 Å². The molecule has 0 bridgehead atoms. The fourth-order valence-electron chi connectivity index (χ4n) is 2.00. The Kier molecular flexibility index (Phi) is 12.4. The van der Waals surface area contributed by atoms with E-state index in [-0.39, 0.29) is 11.8 Å². The van der Waals surface area contributed by atoms with Gasteiger partial charge in [0.1, 0.15) is 0 Å². The second-order valence-electron chi connectivity index (χ2n) is 7.42. The van der Waals surface area contributed by atoms with Crippen molar-refractivity contribution in [2.45, 2.75) is 47.5 Å². The van der Waals surface area contributed by atoms with Gasteiger partial charge in [-0.2, -0.15) is 0 Å². The molecule has 0 aromatic rings. The summed E-state index contributed by atoms with van der Waals surface area (Å²) in [7, 11) is 1.80. The van der Waals surface area contributed by atoms with Crippen LogP contribution in [0.2, 0.25) is 0 Å². The second kappa shape index (κ2) is 12.7. The molecule has 1 amide bonds. The van der Waals surface area contributed by atoms with Crippen molar-refractivity contribution in [3.8, 4) is 0 Å². The summed E-state index contributed by atoms with van der Waals surface area (Å²) in [5.41, 5.74) is 0.380. The third kappa shape index (κ3) is 14.7. The van der Waals surface area contributed by atoms with E-state index in [9.17, 15) is 4.79 Å². The van der Waals surface area contributed by atoms with E-state index in [1.165, 1.54) is 6.42 Å². The van der Waals surface area contributed by atoms with Crippen LogP contribution in [-0.2, 0) is 19.0 Å². The van der Waals surface area contributed by atoms with Gasteiger partial charge in [0.25, 0.3) is 0 Å². The molecule has 0 unspecified atom stereocenters. The molecule has 0 aliphatic heterocycles. The highest BCUT2D eigenvalue weighted by Gasteiger charge is 2.12. The molecule has 0 saturated heterocycles. The van der Waals surface area contributed by atoms with Crippen LogP contribution in [-0.4, -0.2) is 64.0 Å². The zero-order chi connectivity index (χ0) is 17.7. The van der Waals surface area contributed by atoms with E-state index in [1.807, 2.05) is 13.8 Å². The number of amides is 1. The third-order valence-electron chi connectivity index (χ3n) is 3.40.